The molecule has 6 heteroatoms. The molecule has 74 valence electrons. The minimum Gasteiger partial charge on any atom is -0.477 e. The Hall–Kier alpha value is -1.85. The Kier molecular flexibility index (Phi) is 1.95. The standard InChI is InChI=1S/C8H9N3O3/c12-6-5(7(13)14)4-10-8-9-2-1-3-11(6)8/h4H,1-3H2,(H,9,10)(H,13,14). The van der Waals surface area contributed by atoms with Crippen molar-refractivity contribution in [3.63, 3.8) is 0 Å². The molecule has 1 aromatic rings. The van der Waals surface area contributed by atoms with Crippen LogP contribution in [-0.4, -0.2) is 27.2 Å². The third-order valence-electron chi connectivity index (χ3n) is 2.12. The summed E-state index contributed by atoms with van der Waals surface area (Å²) in [6, 6.07) is 0. The number of carboxylic acids is 1. The van der Waals surface area contributed by atoms with Crippen molar-refractivity contribution in [2.45, 2.75) is 13.0 Å². The number of anilines is 1. The van der Waals surface area contributed by atoms with E-state index >= 15 is 0 Å². The number of rotatable bonds is 1. The molecule has 0 aliphatic carbocycles. The molecule has 2 heterocycles. The Balaban J connectivity index is 2.60. The monoisotopic (exact) mass is 195 g/mol. The third-order valence-corrected chi connectivity index (χ3v) is 2.12. The van der Waals surface area contributed by atoms with Crippen LogP contribution in [0.5, 0.6) is 0 Å². The van der Waals surface area contributed by atoms with E-state index in [4.69, 9.17) is 5.11 Å². The Morgan fingerprint density at radius 1 is 1.64 bits per heavy atom. The van der Waals surface area contributed by atoms with Crippen LogP contribution in [0.3, 0.4) is 0 Å². The molecule has 0 unspecified atom stereocenters. The van der Waals surface area contributed by atoms with Gasteiger partial charge in [0.25, 0.3) is 5.56 Å². The van der Waals surface area contributed by atoms with Gasteiger partial charge < -0.3 is 10.4 Å². The number of fused-ring (bicyclic) bond motifs is 1. The van der Waals surface area contributed by atoms with Crippen LogP contribution in [-0.2, 0) is 6.54 Å². The first-order valence-corrected chi connectivity index (χ1v) is 4.27. The summed E-state index contributed by atoms with van der Waals surface area (Å²) in [5, 5.41) is 11.6. The fourth-order valence-corrected chi connectivity index (χ4v) is 1.42. The van der Waals surface area contributed by atoms with Gasteiger partial charge in [-0.1, -0.05) is 0 Å². The van der Waals surface area contributed by atoms with Crippen molar-refractivity contribution < 1.29 is 9.90 Å². The summed E-state index contributed by atoms with van der Waals surface area (Å²) in [6.45, 7) is 1.29. The van der Waals surface area contributed by atoms with Gasteiger partial charge in [-0.15, -0.1) is 0 Å². The maximum Gasteiger partial charge on any atom is 0.342 e. The average Bonchev–Trinajstić information content (AvgIpc) is 2.18. The predicted octanol–water partition coefficient (Wildman–Crippen LogP) is -0.243. The SMILES string of the molecule is O=C(O)c1cnc2n(c1=O)CCCN2. The number of nitrogens with zero attached hydrogens (tertiary/aromatic N) is 2. The van der Waals surface area contributed by atoms with E-state index < -0.39 is 11.5 Å². The van der Waals surface area contributed by atoms with E-state index in [-0.39, 0.29) is 5.56 Å². The topological polar surface area (TPSA) is 84.2 Å². The van der Waals surface area contributed by atoms with Gasteiger partial charge >= 0.3 is 5.97 Å². The van der Waals surface area contributed by atoms with E-state index in [9.17, 15) is 9.59 Å². The predicted molar refractivity (Wildman–Crippen MR) is 48.6 cm³/mol. The van der Waals surface area contributed by atoms with Crippen molar-refractivity contribution in [3.8, 4) is 0 Å². The normalized spacial score (nSPS) is 14.3. The van der Waals surface area contributed by atoms with Crippen LogP contribution in [0.1, 0.15) is 16.8 Å². The Bertz CT molecular complexity index is 438. The second-order valence-corrected chi connectivity index (χ2v) is 3.04. The zero-order valence-electron chi connectivity index (χ0n) is 7.36. The quantitative estimate of drug-likeness (QED) is 0.645. The molecule has 1 aromatic heterocycles. The van der Waals surface area contributed by atoms with Gasteiger partial charge in [0, 0.05) is 13.1 Å². The maximum absolute atomic E-state index is 11.6. The van der Waals surface area contributed by atoms with E-state index in [0.29, 0.717) is 12.5 Å². The molecule has 0 saturated carbocycles. The average molecular weight is 195 g/mol. The van der Waals surface area contributed by atoms with Crippen LogP contribution in [0.25, 0.3) is 0 Å². The molecular formula is C8H9N3O3. The molecule has 6 nitrogen and oxygen atoms in total. The Morgan fingerprint density at radius 2 is 2.43 bits per heavy atom. The van der Waals surface area contributed by atoms with Crippen molar-refractivity contribution >= 4 is 11.9 Å². The number of hydrogen-bond acceptors (Lipinski definition) is 4. The molecule has 1 aliphatic rings. The smallest absolute Gasteiger partial charge is 0.342 e. The lowest BCUT2D eigenvalue weighted by atomic mass is 10.3. The van der Waals surface area contributed by atoms with Crippen LogP contribution >= 0.6 is 0 Å². The van der Waals surface area contributed by atoms with Gasteiger partial charge in [-0.05, 0) is 6.42 Å². The molecule has 2 rings (SSSR count). The minimum absolute atomic E-state index is 0.280. The van der Waals surface area contributed by atoms with Crippen LogP contribution in [0.2, 0.25) is 0 Å². The molecule has 0 radical (unpaired) electrons. The van der Waals surface area contributed by atoms with Gasteiger partial charge in [0.2, 0.25) is 5.95 Å². The van der Waals surface area contributed by atoms with Crippen LogP contribution in [0.4, 0.5) is 5.95 Å². The van der Waals surface area contributed by atoms with Gasteiger partial charge in [0.15, 0.2) is 0 Å². The molecule has 0 spiro atoms. The Morgan fingerprint density at radius 3 is 3.14 bits per heavy atom. The van der Waals surface area contributed by atoms with E-state index in [0.717, 1.165) is 19.2 Å². The highest BCUT2D eigenvalue weighted by Crippen LogP contribution is 2.07. The zero-order chi connectivity index (χ0) is 10.1. The van der Waals surface area contributed by atoms with Gasteiger partial charge in [-0.25, -0.2) is 9.78 Å². The lowest BCUT2D eigenvalue weighted by Crippen LogP contribution is -2.33. The van der Waals surface area contributed by atoms with E-state index in [1.54, 1.807) is 0 Å². The number of carbonyl (C=O) groups is 1. The highest BCUT2D eigenvalue weighted by Gasteiger charge is 2.16. The molecule has 0 fully saturated rings. The largest absolute Gasteiger partial charge is 0.477 e. The summed E-state index contributed by atoms with van der Waals surface area (Å²) in [4.78, 5) is 26.1. The molecule has 0 amide bonds. The van der Waals surface area contributed by atoms with Crippen LogP contribution in [0.15, 0.2) is 11.0 Å². The van der Waals surface area contributed by atoms with Crippen molar-refractivity contribution in [2.75, 3.05) is 11.9 Å². The molecular weight excluding hydrogens is 186 g/mol. The molecule has 14 heavy (non-hydrogen) atoms. The number of aromatic nitrogens is 2. The maximum atomic E-state index is 11.6. The highest BCUT2D eigenvalue weighted by molar-refractivity contribution is 5.86. The van der Waals surface area contributed by atoms with Gasteiger partial charge in [0.1, 0.15) is 5.56 Å². The van der Waals surface area contributed by atoms with Crippen molar-refractivity contribution in [2.24, 2.45) is 0 Å². The van der Waals surface area contributed by atoms with Gasteiger partial charge in [-0.3, -0.25) is 9.36 Å². The summed E-state index contributed by atoms with van der Waals surface area (Å²) in [6.07, 6.45) is 1.90. The first-order chi connectivity index (χ1) is 6.70. The molecule has 0 saturated heterocycles. The summed E-state index contributed by atoms with van der Waals surface area (Å²) in [7, 11) is 0. The summed E-state index contributed by atoms with van der Waals surface area (Å²) >= 11 is 0. The lowest BCUT2D eigenvalue weighted by Gasteiger charge is -2.18. The van der Waals surface area contributed by atoms with Crippen LogP contribution in [0, 0.1) is 0 Å². The summed E-state index contributed by atoms with van der Waals surface area (Å²) in [5.74, 6) is -0.783. The van der Waals surface area contributed by atoms with Crippen LogP contribution < -0.4 is 10.9 Å². The second kappa shape index (κ2) is 3.13. The molecule has 0 bridgehead atoms. The number of nitrogens with one attached hydrogen (secondary N) is 1. The third kappa shape index (κ3) is 1.24. The first-order valence-electron chi connectivity index (χ1n) is 4.27. The van der Waals surface area contributed by atoms with Crippen molar-refractivity contribution in [3.05, 3.63) is 22.1 Å². The number of aromatic carboxylic acids is 1. The fourth-order valence-electron chi connectivity index (χ4n) is 1.42. The van der Waals surface area contributed by atoms with Gasteiger partial charge in [-0.2, -0.15) is 0 Å². The first kappa shape index (κ1) is 8.74. The number of hydrogen-bond donors (Lipinski definition) is 2. The fraction of sp³-hybridized carbons (Fsp3) is 0.375. The molecule has 0 aromatic carbocycles. The second-order valence-electron chi connectivity index (χ2n) is 3.04. The zero-order valence-corrected chi connectivity index (χ0v) is 7.36. The molecule has 0 atom stereocenters. The van der Waals surface area contributed by atoms with Crippen molar-refractivity contribution in [1.29, 1.82) is 0 Å². The molecule has 1 aliphatic heterocycles. The number of carboxylic acid groups (broad SMARTS) is 1. The van der Waals surface area contributed by atoms with Gasteiger partial charge in [0.05, 0.1) is 6.20 Å². The van der Waals surface area contributed by atoms with E-state index in [1.165, 1.54) is 4.57 Å². The summed E-state index contributed by atoms with van der Waals surface area (Å²) in [5.41, 5.74) is -0.771. The highest BCUT2D eigenvalue weighted by atomic mass is 16.4. The van der Waals surface area contributed by atoms with E-state index in [1.807, 2.05) is 0 Å². The molecule has 2 N–H and O–H groups in total. The minimum atomic E-state index is -1.23. The lowest BCUT2D eigenvalue weighted by molar-refractivity contribution is 0.0693. The summed E-state index contributed by atoms with van der Waals surface area (Å²) < 4.78 is 1.35. The van der Waals surface area contributed by atoms with E-state index in [2.05, 4.69) is 10.3 Å². The van der Waals surface area contributed by atoms with Crippen molar-refractivity contribution in [1.82, 2.24) is 9.55 Å². The Labute approximate surface area is 79.2 Å².